The number of aryl methyl sites for hydroxylation is 2. The van der Waals surface area contributed by atoms with Crippen molar-refractivity contribution in [2.24, 2.45) is 7.05 Å². The Bertz CT molecular complexity index is 945. The monoisotopic (exact) mass is 370 g/mol. The van der Waals surface area contributed by atoms with Crippen molar-refractivity contribution < 1.29 is 9.90 Å². The zero-order chi connectivity index (χ0) is 18.7. The summed E-state index contributed by atoms with van der Waals surface area (Å²) >= 11 is 5.24. The molecule has 0 atom stereocenters. The van der Waals surface area contributed by atoms with E-state index in [-0.39, 0.29) is 10.8 Å². The molecule has 3 rings (SSSR count). The molecule has 134 valence electrons. The third kappa shape index (κ3) is 4.06. The molecule has 3 N–H and O–H groups in total. The quantitative estimate of drug-likeness (QED) is 0.594. The van der Waals surface area contributed by atoms with Crippen molar-refractivity contribution in [3.05, 3.63) is 59.7 Å². The SMILES string of the molecule is Cc1ccc(Cn2cc(NC(=S)Nc3cnn(C)c3C(=O)O)cn2)cc1. The van der Waals surface area contributed by atoms with Crippen molar-refractivity contribution in [2.45, 2.75) is 13.5 Å². The molecule has 0 bridgehead atoms. The second-order valence-electron chi connectivity index (χ2n) is 5.83. The number of anilines is 2. The Labute approximate surface area is 155 Å². The number of aromatic nitrogens is 4. The van der Waals surface area contributed by atoms with Crippen molar-refractivity contribution in [3.63, 3.8) is 0 Å². The predicted molar refractivity (Wildman–Crippen MR) is 103 cm³/mol. The predicted octanol–water partition coefficient (Wildman–Crippen LogP) is 2.48. The largest absolute Gasteiger partial charge is 0.476 e. The van der Waals surface area contributed by atoms with Crippen LogP contribution in [0.2, 0.25) is 0 Å². The van der Waals surface area contributed by atoms with E-state index in [4.69, 9.17) is 12.2 Å². The summed E-state index contributed by atoms with van der Waals surface area (Å²) in [6.45, 7) is 2.69. The second kappa shape index (κ2) is 7.36. The van der Waals surface area contributed by atoms with Crippen LogP contribution in [0.15, 0.2) is 42.9 Å². The Kier molecular flexibility index (Phi) is 4.99. The fourth-order valence-electron chi connectivity index (χ4n) is 2.46. The molecule has 2 aromatic heterocycles. The molecule has 26 heavy (non-hydrogen) atoms. The van der Waals surface area contributed by atoms with Crippen molar-refractivity contribution in [2.75, 3.05) is 10.6 Å². The highest BCUT2D eigenvalue weighted by atomic mass is 32.1. The van der Waals surface area contributed by atoms with Crippen LogP contribution in [0, 0.1) is 6.92 Å². The van der Waals surface area contributed by atoms with Crippen molar-refractivity contribution in [1.82, 2.24) is 19.6 Å². The van der Waals surface area contributed by atoms with E-state index in [1.54, 1.807) is 17.9 Å². The van der Waals surface area contributed by atoms with Crippen LogP contribution >= 0.6 is 12.2 Å². The first-order valence-electron chi connectivity index (χ1n) is 7.83. The van der Waals surface area contributed by atoms with Crippen LogP contribution in [0.5, 0.6) is 0 Å². The molecular formula is C17H18N6O2S. The zero-order valence-corrected chi connectivity index (χ0v) is 15.1. The number of carboxylic acid groups (broad SMARTS) is 1. The topological polar surface area (TPSA) is 97.0 Å². The zero-order valence-electron chi connectivity index (χ0n) is 14.3. The van der Waals surface area contributed by atoms with E-state index < -0.39 is 5.97 Å². The van der Waals surface area contributed by atoms with Gasteiger partial charge in [0, 0.05) is 13.2 Å². The molecule has 2 heterocycles. The summed E-state index contributed by atoms with van der Waals surface area (Å²) in [6.07, 6.45) is 4.90. The summed E-state index contributed by atoms with van der Waals surface area (Å²) in [5, 5.41) is 23.5. The van der Waals surface area contributed by atoms with Crippen LogP contribution in [0.1, 0.15) is 21.6 Å². The van der Waals surface area contributed by atoms with Crippen molar-refractivity contribution in [3.8, 4) is 0 Å². The van der Waals surface area contributed by atoms with Gasteiger partial charge in [-0.15, -0.1) is 0 Å². The molecule has 8 nitrogen and oxygen atoms in total. The molecule has 0 aliphatic rings. The van der Waals surface area contributed by atoms with Crippen LogP contribution in [0.4, 0.5) is 11.4 Å². The summed E-state index contributed by atoms with van der Waals surface area (Å²) in [6, 6.07) is 8.24. The van der Waals surface area contributed by atoms with Crippen molar-refractivity contribution >= 4 is 34.7 Å². The third-order valence-corrected chi connectivity index (χ3v) is 3.95. The number of carbonyl (C=O) groups is 1. The number of hydrogen-bond donors (Lipinski definition) is 3. The lowest BCUT2D eigenvalue weighted by molar-refractivity contribution is 0.0686. The van der Waals surface area contributed by atoms with Crippen LogP contribution in [0.3, 0.4) is 0 Å². The van der Waals surface area contributed by atoms with E-state index in [2.05, 4.69) is 45.1 Å². The van der Waals surface area contributed by atoms with Crippen LogP contribution in [0.25, 0.3) is 0 Å². The summed E-state index contributed by atoms with van der Waals surface area (Å²) in [7, 11) is 1.56. The number of carboxylic acids is 1. The minimum Gasteiger partial charge on any atom is -0.476 e. The standard InChI is InChI=1S/C17H18N6O2S/c1-11-3-5-12(6-4-11)9-23-10-13(7-19-23)20-17(26)21-14-8-18-22(2)15(14)16(24)25/h3-8,10H,9H2,1-2H3,(H,24,25)(H2,20,21,26). The smallest absolute Gasteiger partial charge is 0.356 e. The lowest BCUT2D eigenvalue weighted by Crippen LogP contribution is -2.20. The van der Waals surface area contributed by atoms with Gasteiger partial charge >= 0.3 is 5.97 Å². The number of benzene rings is 1. The van der Waals surface area contributed by atoms with Crippen molar-refractivity contribution in [1.29, 1.82) is 0 Å². The van der Waals surface area contributed by atoms with Gasteiger partial charge in [0.25, 0.3) is 0 Å². The Morgan fingerprint density at radius 3 is 2.62 bits per heavy atom. The fourth-order valence-corrected chi connectivity index (χ4v) is 2.69. The summed E-state index contributed by atoms with van der Waals surface area (Å²) in [5.74, 6) is -1.08. The Hall–Kier alpha value is -3.20. The van der Waals surface area contributed by atoms with Crippen LogP contribution in [-0.2, 0) is 13.6 Å². The molecule has 0 amide bonds. The third-order valence-electron chi connectivity index (χ3n) is 3.75. The van der Waals surface area contributed by atoms with Gasteiger partial charge in [-0.2, -0.15) is 10.2 Å². The Morgan fingerprint density at radius 1 is 1.19 bits per heavy atom. The minimum absolute atomic E-state index is 0.0317. The molecule has 9 heteroatoms. The molecule has 1 aromatic carbocycles. The van der Waals surface area contributed by atoms with Gasteiger partial charge in [-0.05, 0) is 24.7 Å². The number of nitrogens with zero attached hydrogens (tertiary/aromatic N) is 4. The average Bonchev–Trinajstić information content (AvgIpc) is 3.16. The Balaban J connectivity index is 1.63. The lowest BCUT2D eigenvalue weighted by atomic mass is 10.1. The average molecular weight is 370 g/mol. The molecule has 0 saturated heterocycles. The van der Waals surface area contributed by atoms with Gasteiger partial charge < -0.3 is 15.7 Å². The maximum Gasteiger partial charge on any atom is 0.356 e. The van der Waals surface area contributed by atoms with E-state index in [0.29, 0.717) is 17.9 Å². The molecule has 0 aliphatic carbocycles. The van der Waals surface area contributed by atoms with Gasteiger partial charge in [0.15, 0.2) is 10.8 Å². The second-order valence-corrected chi connectivity index (χ2v) is 6.24. The van der Waals surface area contributed by atoms with E-state index in [1.807, 2.05) is 13.1 Å². The summed E-state index contributed by atoms with van der Waals surface area (Å²) in [4.78, 5) is 11.3. The van der Waals surface area contributed by atoms with Gasteiger partial charge in [0.1, 0.15) is 0 Å². The van der Waals surface area contributed by atoms with Crippen LogP contribution in [-0.4, -0.2) is 35.7 Å². The lowest BCUT2D eigenvalue weighted by Gasteiger charge is -2.08. The maximum absolute atomic E-state index is 11.3. The number of hydrogen-bond acceptors (Lipinski definition) is 4. The van der Waals surface area contributed by atoms with Gasteiger partial charge in [-0.1, -0.05) is 29.8 Å². The first-order valence-corrected chi connectivity index (χ1v) is 8.24. The normalized spacial score (nSPS) is 10.5. The van der Waals surface area contributed by atoms with Crippen LogP contribution < -0.4 is 10.6 Å². The molecule has 3 aromatic rings. The number of aromatic carboxylic acids is 1. The molecule has 0 unspecified atom stereocenters. The first kappa shape index (κ1) is 17.6. The van der Waals surface area contributed by atoms with Gasteiger partial charge in [-0.25, -0.2) is 4.79 Å². The fraction of sp³-hybridized carbons (Fsp3) is 0.176. The van der Waals surface area contributed by atoms with Gasteiger partial charge in [-0.3, -0.25) is 9.36 Å². The van der Waals surface area contributed by atoms with Gasteiger partial charge in [0.2, 0.25) is 0 Å². The highest BCUT2D eigenvalue weighted by Gasteiger charge is 2.16. The highest BCUT2D eigenvalue weighted by Crippen LogP contribution is 2.15. The molecule has 0 fully saturated rings. The first-order chi connectivity index (χ1) is 12.4. The highest BCUT2D eigenvalue weighted by molar-refractivity contribution is 7.80. The summed E-state index contributed by atoms with van der Waals surface area (Å²) < 4.78 is 3.06. The summed E-state index contributed by atoms with van der Waals surface area (Å²) in [5.41, 5.74) is 3.42. The van der Waals surface area contributed by atoms with E-state index in [0.717, 1.165) is 5.56 Å². The van der Waals surface area contributed by atoms with E-state index >= 15 is 0 Å². The number of thiocarbonyl (C=S) groups is 1. The molecule has 0 saturated carbocycles. The van der Waals surface area contributed by atoms with Gasteiger partial charge in [0.05, 0.1) is 30.3 Å². The maximum atomic E-state index is 11.3. The number of nitrogens with one attached hydrogen (secondary N) is 2. The Morgan fingerprint density at radius 2 is 1.92 bits per heavy atom. The molecule has 0 spiro atoms. The number of rotatable bonds is 5. The molecular weight excluding hydrogens is 352 g/mol. The minimum atomic E-state index is -1.08. The van der Waals surface area contributed by atoms with E-state index in [1.165, 1.54) is 16.4 Å². The van der Waals surface area contributed by atoms with E-state index in [9.17, 15) is 9.90 Å². The molecule has 0 radical (unpaired) electrons. The molecule has 0 aliphatic heterocycles.